The molecule has 2 rings (SSSR count). The van der Waals surface area contributed by atoms with E-state index in [2.05, 4.69) is 10.0 Å². The summed E-state index contributed by atoms with van der Waals surface area (Å²) < 4.78 is 32.0. The predicted octanol–water partition coefficient (Wildman–Crippen LogP) is 1.57. The van der Waals surface area contributed by atoms with Crippen molar-refractivity contribution in [2.75, 3.05) is 25.0 Å². The van der Waals surface area contributed by atoms with Crippen molar-refractivity contribution >= 4 is 15.7 Å². The summed E-state index contributed by atoms with van der Waals surface area (Å²) >= 11 is 0. The van der Waals surface area contributed by atoms with Crippen LogP contribution >= 0.6 is 0 Å². The van der Waals surface area contributed by atoms with E-state index in [1.807, 2.05) is 6.92 Å². The van der Waals surface area contributed by atoms with Crippen LogP contribution in [0.4, 0.5) is 5.69 Å². The van der Waals surface area contributed by atoms with E-state index in [4.69, 9.17) is 4.74 Å². The zero-order chi connectivity index (χ0) is 13.0. The Bertz CT molecular complexity index is 514. The van der Waals surface area contributed by atoms with Crippen molar-refractivity contribution in [3.05, 3.63) is 18.2 Å². The van der Waals surface area contributed by atoms with E-state index < -0.39 is 10.0 Å². The lowest BCUT2D eigenvalue weighted by Crippen LogP contribution is -2.25. The minimum Gasteiger partial charge on any atom is -0.490 e. The van der Waals surface area contributed by atoms with Gasteiger partial charge in [0.05, 0.1) is 10.6 Å². The van der Waals surface area contributed by atoms with Gasteiger partial charge in [0.1, 0.15) is 12.4 Å². The molecule has 1 aliphatic rings. The molecule has 0 atom stereocenters. The second-order valence-electron chi connectivity index (χ2n) is 4.18. The summed E-state index contributed by atoms with van der Waals surface area (Å²) in [4.78, 5) is 0.273. The summed E-state index contributed by atoms with van der Waals surface area (Å²) in [6, 6.07) is 4.87. The molecule has 6 heteroatoms. The third kappa shape index (κ3) is 2.94. The number of ether oxygens (including phenoxy) is 1. The molecule has 2 N–H and O–H groups in total. The van der Waals surface area contributed by atoms with Crippen LogP contribution in [0.25, 0.3) is 0 Å². The standard InChI is InChI=1S/C12H18N2O3S/c1-2-3-6-14-18(15,16)10-4-5-12-11(9-10)13-7-8-17-12/h4-5,9,13-14H,2-3,6-8H2,1H3. The van der Waals surface area contributed by atoms with Gasteiger partial charge in [-0.3, -0.25) is 0 Å². The van der Waals surface area contributed by atoms with Crippen molar-refractivity contribution in [1.29, 1.82) is 0 Å². The van der Waals surface area contributed by atoms with E-state index in [0.29, 0.717) is 25.4 Å². The van der Waals surface area contributed by atoms with Crippen molar-refractivity contribution in [3.8, 4) is 5.75 Å². The topological polar surface area (TPSA) is 67.4 Å². The summed E-state index contributed by atoms with van der Waals surface area (Å²) in [5, 5.41) is 3.13. The fraction of sp³-hybridized carbons (Fsp3) is 0.500. The first-order valence-corrected chi connectivity index (χ1v) is 7.62. The smallest absolute Gasteiger partial charge is 0.240 e. The number of sulfonamides is 1. The van der Waals surface area contributed by atoms with Crippen molar-refractivity contribution < 1.29 is 13.2 Å². The number of rotatable bonds is 5. The molecule has 0 aliphatic carbocycles. The Labute approximate surface area is 108 Å². The van der Waals surface area contributed by atoms with Crippen LogP contribution < -0.4 is 14.8 Å². The average molecular weight is 270 g/mol. The summed E-state index contributed by atoms with van der Waals surface area (Å²) in [6.07, 6.45) is 1.80. The Kier molecular flexibility index (Phi) is 4.08. The second-order valence-corrected chi connectivity index (χ2v) is 5.95. The Balaban J connectivity index is 2.17. The second kappa shape index (κ2) is 5.58. The van der Waals surface area contributed by atoms with Crippen molar-refractivity contribution in [2.24, 2.45) is 0 Å². The molecule has 0 aromatic heterocycles. The van der Waals surface area contributed by atoms with Gasteiger partial charge in [-0.05, 0) is 24.6 Å². The predicted molar refractivity (Wildman–Crippen MR) is 70.5 cm³/mol. The molecule has 0 unspecified atom stereocenters. The van der Waals surface area contributed by atoms with Gasteiger partial charge >= 0.3 is 0 Å². The maximum absolute atomic E-state index is 12.0. The molecule has 0 radical (unpaired) electrons. The minimum atomic E-state index is -3.41. The van der Waals surface area contributed by atoms with Gasteiger partial charge in [0.2, 0.25) is 10.0 Å². The minimum absolute atomic E-state index is 0.273. The van der Waals surface area contributed by atoms with Gasteiger partial charge in [0, 0.05) is 13.1 Å². The van der Waals surface area contributed by atoms with Crippen LogP contribution in [0.15, 0.2) is 23.1 Å². The maximum Gasteiger partial charge on any atom is 0.240 e. The molecule has 0 bridgehead atoms. The van der Waals surface area contributed by atoms with Crippen molar-refractivity contribution in [3.63, 3.8) is 0 Å². The first-order valence-electron chi connectivity index (χ1n) is 6.14. The molecular weight excluding hydrogens is 252 g/mol. The zero-order valence-corrected chi connectivity index (χ0v) is 11.2. The Morgan fingerprint density at radius 2 is 2.28 bits per heavy atom. The Hall–Kier alpha value is -1.27. The third-order valence-electron chi connectivity index (χ3n) is 2.76. The number of hydrogen-bond donors (Lipinski definition) is 2. The molecule has 1 aromatic rings. The Morgan fingerprint density at radius 3 is 3.06 bits per heavy atom. The molecule has 5 nitrogen and oxygen atoms in total. The van der Waals surface area contributed by atoms with Crippen molar-refractivity contribution in [2.45, 2.75) is 24.7 Å². The van der Waals surface area contributed by atoms with Crippen LogP contribution in [-0.4, -0.2) is 28.1 Å². The van der Waals surface area contributed by atoms with Crippen LogP contribution in [0, 0.1) is 0 Å². The highest BCUT2D eigenvalue weighted by Crippen LogP contribution is 2.29. The van der Waals surface area contributed by atoms with E-state index in [-0.39, 0.29) is 4.90 Å². The van der Waals surface area contributed by atoms with E-state index in [0.717, 1.165) is 18.5 Å². The van der Waals surface area contributed by atoms with Crippen LogP contribution in [0.2, 0.25) is 0 Å². The van der Waals surface area contributed by atoms with E-state index >= 15 is 0 Å². The average Bonchev–Trinajstić information content (AvgIpc) is 2.38. The summed E-state index contributed by atoms with van der Waals surface area (Å²) in [5.41, 5.74) is 0.736. The first kappa shape index (κ1) is 13.2. The molecule has 0 saturated heterocycles. The van der Waals surface area contributed by atoms with E-state index in [1.165, 1.54) is 0 Å². The molecule has 100 valence electrons. The lowest BCUT2D eigenvalue weighted by molar-refractivity contribution is 0.323. The monoisotopic (exact) mass is 270 g/mol. The molecule has 0 saturated carbocycles. The molecule has 18 heavy (non-hydrogen) atoms. The first-order chi connectivity index (χ1) is 8.63. The van der Waals surface area contributed by atoms with Crippen LogP contribution in [0.5, 0.6) is 5.75 Å². The van der Waals surface area contributed by atoms with E-state index in [1.54, 1.807) is 18.2 Å². The molecule has 0 amide bonds. The zero-order valence-electron chi connectivity index (χ0n) is 10.4. The molecule has 1 heterocycles. The molecular formula is C12H18N2O3S. The highest BCUT2D eigenvalue weighted by Gasteiger charge is 2.17. The maximum atomic E-state index is 12.0. The number of fused-ring (bicyclic) bond motifs is 1. The molecule has 1 aromatic carbocycles. The van der Waals surface area contributed by atoms with Gasteiger partial charge in [-0.15, -0.1) is 0 Å². The summed E-state index contributed by atoms with van der Waals surface area (Å²) in [7, 11) is -3.41. The highest BCUT2D eigenvalue weighted by atomic mass is 32.2. The number of unbranched alkanes of at least 4 members (excludes halogenated alkanes) is 1. The van der Waals surface area contributed by atoms with Gasteiger partial charge in [0.15, 0.2) is 0 Å². The number of nitrogens with one attached hydrogen (secondary N) is 2. The van der Waals surface area contributed by atoms with Gasteiger partial charge in [-0.25, -0.2) is 13.1 Å². The van der Waals surface area contributed by atoms with E-state index in [9.17, 15) is 8.42 Å². The number of benzene rings is 1. The quantitative estimate of drug-likeness (QED) is 0.797. The van der Waals surface area contributed by atoms with Crippen LogP contribution in [0.1, 0.15) is 19.8 Å². The highest BCUT2D eigenvalue weighted by molar-refractivity contribution is 7.89. The van der Waals surface area contributed by atoms with Gasteiger partial charge in [0.25, 0.3) is 0 Å². The lowest BCUT2D eigenvalue weighted by Gasteiger charge is -2.19. The third-order valence-corrected chi connectivity index (χ3v) is 4.22. The number of anilines is 1. The number of hydrogen-bond acceptors (Lipinski definition) is 4. The SMILES string of the molecule is CCCCNS(=O)(=O)c1ccc2c(c1)NCCO2. The fourth-order valence-corrected chi connectivity index (χ4v) is 2.85. The normalized spacial score (nSPS) is 14.5. The van der Waals surface area contributed by atoms with Gasteiger partial charge in [-0.1, -0.05) is 13.3 Å². The largest absolute Gasteiger partial charge is 0.490 e. The van der Waals surface area contributed by atoms with Gasteiger partial charge in [-0.2, -0.15) is 0 Å². The van der Waals surface area contributed by atoms with Gasteiger partial charge < -0.3 is 10.1 Å². The molecule has 1 aliphatic heterocycles. The summed E-state index contributed by atoms with van der Waals surface area (Å²) in [6.45, 7) is 3.79. The molecule has 0 spiro atoms. The lowest BCUT2D eigenvalue weighted by atomic mass is 10.2. The fourth-order valence-electron chi connectivity index (χ4n) is 1.75. The molecule has 0 fully saturated rings. The van der Waals surface area contributed by atoms with Crippen LogP contribution in [-0.2, 0) is 10.0 Å². The van der Waals surface area contributed by atoms with Crippen LogP contribution in [0.3, 0.4) is 0 Å². The summed E-state index contributed by atoms with van der Waals surface area (Å²) in [5.74, 6) is 0.703. The van der Waals surface area contributed by atoms with Crippen molar-refractivity contribution in [1.82, 2.24) is 4.72 Å². The Morgan fingerprint density at radius 1 is 1.44 bits per heavy atom.